The smallest absolute Gasteiger partial charge is 0.328 e. The second-order valence-electron chi connectivity index (χ2n) is 8.88. The molecule has 2 aromatic rings. The molecule has 190 valence electrons. The van der Waals surface area contributed by atoms with Crippen LogP contribution in [0.2, 0.25) is 0 Å². The lowest BCUT2D eigenvalue weighted by atomic mass is 9.99. The van der Waals surface area contributed by atoms with E-state index in [1.807, 2.05) is 12.1 Å². The number of methoxy groups -OCH3 is 3. The number of piperidine rings is 1. The molecule has 0 bridgehead atoms. The number of pyridine rings is 1. The number of amides is 1. The van der Waals surface area contributed by atoms with Crippen LogP contribution in [0, 0.1) is 0 Å². The molecule has 1 fully saturated rings. The molecular formula is C25H33N3O7. The van der Waals surface area contributed by atoms with Crippen molar-refractivity contribution in [3.8, 4) is 5.75 Å². The fourth-order valence-corrected chi connectivity index (χ4v) is 4.99. The fraction of sp³-hybridized carbons (Fsp3) is 0.560. The molecule has 0 aliphatic carbocycles. The molecule has 0 spiro atoms. The summed E-state index contributed by atoms with van der Waals surface area (Å²) < 4.78 is 23.1. The second kappa shape index (κ2) is 11.1. The van der Waals surface area contributed by atoms with Crippen molar-refractivity contribution in [2.24, 2.45) is 0 Å². The van der Waals surface area contributed by atoms with Crippen molar-refractivity contribution >= 4 is 11.9 Å². The van der Waals surface area contributed by atoms with Gasteiger partial charge in [-0.25, -0.2) is 4.79 Å². The molecular weight excluding hydrogens is 454 g/mol. The molecule has 0 unspecified atom stereocenters. The topological polar surface area (TPSA) is 103 Å². The summed E-state index contributed by atoms with van der Waals surface area (Å²) >= 11 is 0. The standard InChI is InChI=1S/C25H33N3O7/c1-32-16-18-8-7-17(35-18)15-26-11-9-19-23(21(33-2)14-22(29)27(19)13-12-26)24(30)28-10-5-4-6-20(28)25(31)34-3/h7-8,14,20H,4-6,9-13,15-16H2,1-3H3/t20-/m0/s1. The lowest BCUT2D eigenvalue weighted by molar-refractivity contribution is -0.147. The number of aromatic nitrogens is 1. The van der Waals surface area contributed by atoms with Gasteiger partial charge in [0.2, 0.25) is 0 Å². The second-order valence-corrected chi connectivity index (χ2v) is 8.88. The van der Waals surface area contributed by atoms with Gasteiger partial charge in [-0.1, -0.05) is 0 Å². The van der Waals surface area contributed by atoms with Gasteiger partial charge in [-0.2, -0.15) is 0 Å². The summed E-state index contributed by atoms with van der Waals surface area (Å²) in [5, 5.41) is 0. The third kappa shape index (κ3) is 5.28. The van der Waals surface area contributed by atoms with E-state index in [4.69, 9.17) is 18.6 Å². The van der Waals surface area contributed by atoms with E-state index in [9.17, 15) is 14.4 Å². The Morgan fingerprint density at radius 2 is 1.86 bits per heavy atom. The van der Waals surface area contributed by atoms with Crippen molar-refractivity contribution in [3.63, 3.8) is 0 Å². The highest BCUT2D eigenvalue weighted by Gasteiger charge is 2.36. The number of esters is 1. The lowest BCUT2D eigenvalue weighted by Gasteiger charge is -2.34. The Balaban J connectivity index is 1.62. The van der Waals surface area contributed by atoms with Crippen molar-refractivity contribution in [1.82, 2.24) is 14.4 Å². The van der Waals surface area contributed by atoms with Gasteiger partial charge < -0.3 is 28.1 Å². The lowest BCUT2D eigenvalue weighted by Crippen LogP contribution is -2.49. The van der Waals surface area contributed by atoms with E-state index in [1.165, 1.54) is 20.3 Å². The molecule has 1 amide bonds. The zero-order valence-corrected chi connectivity index (χ0v) is 20.6. The third-order valence-electron chi connectivity index (χ3n) is 6.74. The van der Waals surface area contributed by atoms with Crippen LogP contribution in [0.15, 0.2) is 27.4 Å². The van der Waals surface area contributed by atoms with Crippen LogP contribution in [0.25, 0.3) is 0 Å². The average Bonchev–Trinajstić information content (AvgIpc) is 3.20. The summed E-state index contributed by atoms with van der Waals surface area (Å²) in [6.07, 6.45) is 2.69. The number of furan rings is 1. The van der Waals surface area contributed by atoms with E-state index >= 15 is 0 Å². The molecule has 10 nitrogen and oxygen atoms in total. The Hall–Kier alpha value is -3.11. The molecule has 1 saturated heterocycles. The van der Waals surface area contributed by atoms with Gasteiger partial charge in [0, 0.05) is 51.5 Å². The van der Waals surface area contributed by atoms with Gasteiger partial charge in [-0.15, -0.1) is 0 Å². The van der Waals surface area contributed by atoms with Gasteiger partial charge in [0.1, 0.15) is 35.5 Å². The first kappa shape index (κ1) is 25.0. The summed E-state index contributed by atoms with van der Waals surface area (Å²) in [7, 11) is 4.41. The van der Waals surface area contributed by atoms with Crippen molar-refractivity contribution in [1.29, 1.82) is 0 Å². The molecule has 4 heterocycles. The minimum Gasteiger partial charge on any atom is -0.496 e. The highest BCUT2D eigenvalue weighted by molar-refractivity contribution is 6.00. The van der Waals surface area contributed by atoms with Crippen LogP contribution in [0.5, 0.6) is 5.75 Å². The number of hydrogen-bond acceptors (Lipinski definition) is 8. The molecule has 2 aliphatic rings. The Bertz CT molecular complexity index is 1120. The van der Waals surface area contributed by atoms with Crippen LogP contribution in [-0.4, -0.2) is 73.2 Å². The first-order chi connectivity index (χ1) is 17.0. The van der Waals surface area contributed by atoms with Gasteiger partial charge in [0.05, 0.1) is 20.8 Å². The number of likely N-dealkylation sites (tertiary alicyclic amines) is 1. The number of fused-ring (bicyclic) bond motifs is 1. The Morgan fingerprint density at radius 1 is 1.06 bits per heavy atom. The summed E-state index contributed by atoms with van der Waals surface area (Å²) in [6.45, 7) is 3.15. The Morgan fingerprint density at radius 3 is 2.60 bits per heavy atom. The first-order valence-corrected chi connectivity index (χ1v) is 11.9. The number of nitrogens with zero attached hydrogens (tertiary/aromatic N) is 3. The van der Waals surface area contributed by atoms with E-state index in [0.29, 0.717) is 63.4 Å². The summed E-state index contributed by atoms with van der Waals surface area (Å²) in [6, 6.07) is 4.56. The third-order valence-corrected chi connectivity index (χ3v) is 6.74. The Labute approximate surface area is 204 Å². The zero-order chi connectivity index (χ0) is 24.9. The first-order valence-electron chi connectivity index (χ1n) is 11.9. The number of ether oxygens (including phenoxy) is 3. The van der Waals surface area contributed by atoms with Crippen molar-refractivity contribution < 1.29 is 28.2 Å². The normalized spacial score (nSPS) is 18.6. The van der Waals surface area contributed by atoms with Gasteiger partial charge in [-0.05, 0) is 31.4 Å². The molecule has 0 N–H and O–H groups in total. The predicted octanol–water partition coefficient (Wildman–Crippen LogP) is 1.82. The number of carbonyl (C=O) groups is 2. The van der Waals surface area contributed by atoms with Crippen LogP contribution in [-0.2, 0) is 40.4 Å². The number of carbonyl (C=O) groups excluding carboxylic acids is 2. The zero-order valence-electron chi connectivity index (χ0n) is 20.6. The van der Waals surface area contributed by atoms with Crippen LogP contribution in [0.3, 0.4) is 0 Å². The minimum atomic E-state index is -0.638. The van der Waals surface area contributed by atoms with Crippen LogP contribution < -0.4 is 10.3 Å². The Kier molecular flexibility index (Phi) is 7.92. The summed E-state index contributed by atoms with van der Waals surface area (Å²) in [5.41, 5.74) is 0.777. The molecule has 0 radical (unpaired) electrons. The van der Waals surface area contributed by atoms with Gasteiger partial charge >= 0.3 is 5.97 Å². The molecule has 2 aromatic heterocycles. The average molecular weight is 488 g/mol. The van der Waals surface area contributed by atoms with Gasteiger partial charge in [0.25, 0.3) is 11.5 Å². The van der Waals surface area contributed by atoms with Crippen LogP contribution in [0.4, 0.5) is 0 Å². The van der Waals surface area contributed by atoms with Crippen LogP contribution >= 0.6 is 0 Å². The van der Waals surface area contributed by atoms with E-state index in [-0.39, 0.29) is 17.2 Å². The number of hydrogen-bond donors (Lipinski definition) is 0. The van der Waals surface area contributed by atoms with Crippen molar-refractivity contribution in [2.75, 3.05) is 41.0 Å². The monoisotopic (exact) mass is 487 g/mol. The van der Waals surface area contributed by atoms with Crippen molar-refractivity contribution in [3.05, 3.63) is 51.3 Å². The maximum atomic E-state index is 13.8. The van der Waals surface area contributed by atoms with E-state index in [0.717, 1.165) is 24.4 Å². The van der Waals surface area contributed by atoms with E-state index in [2.05, 4.69) is 4.90 Å². The van der Waals surface area contributed by atoms with Gasteiger partial charge in [0.15, 0.2) is 0 Å². The van der Waals surface area contributed by atoms with Gasteiger partial charge in [-0.3, -0.25) is 14.5 Å². The maximum absolute atomic E-state index is 13.8. The summed E-state index contributed by atoms with van der Waals surface area (Å²) in [4.78, 5) is 42.9. The fourth-order valence-electron chi connectivity index (χ4n) is 4.99. The SMILES string of the molecule is COCc1ccc(CN2CCc3c(C(=O)N4CCCC[C@H]4C(=O)OC)c(OC)cc(=O)n3CC2)o1. The molecule has 2 aliphatic heterocycles. The highest BCUT2D eigenvalue weighted by atomic mass is 16.5. The highest BCUT2D eigenvalue weighted by Crippen LogP contribution is 2.28. The summed E-state index contributed by atoms with van der Waals surface area (Å²) in [5.74, 6) is 1.09. The molecule has 0 aromatic carbocycles. The quantitative estimate of drug-likeness (QED) is 0.545. The maximum Gasteiger partial charge on any atom is 0.328 e. The molecule has 10 heteroatoms. The van der Waals surface area contributed by atoms with E-state index < -0.39 is 12.0 Å². The molecule has 4 rings (SSSR count). The predicted molar refractivity (Wildman–Crippen MR) is 126 cm³/mol. The molecule has 1 atom stereocenters. The largest absolute Gasteiger partial charge is 0.496 e. The number of rotatable bonds is 7. The molecule has 35 heavy (non-hydrogen) atoms. The minimum absolute atomic E-state index is 0.209. The molecule has 0 saturated carbocycles. The van der Waals surface area contributed by atoms with E-state index in [1.54, 1.807) is 16.6 Å². The van der Waals surface area contributed by atoms with Crippen molar-refractivity contribution in [2.45, 2.75) is 51.4 Å². The van der Waals surface area contributed by atoms with Crippen LogP contribution in [0.1, 0.15) is 46.8 Å².